The number of carbonyl (C=O) groups is 1. The van der Waals surface area contributed by atoms with E-state index in [1.165, 1.54) is 12.1 Å². The first-order valence-electron chi connectivity index (χ1n) is 8.02. The number of rotatable bonds is 11. The molecule has 3 N–H and O–H groups in total. The van der Waals surface area contributed by atoms with Crippen molar-refractivity contribution in [1.29, 1.82) is 0 Å². The number of sulfonamides is 2. The molecule has 0 saturated heterocycles. The molecule has 0 fully saturated rings. The Morgan fingerprint density at radius 1 is 0.960 bits per heavy atom. The van der Waals surface area contributed by atoms with Crippen molar-refractivity contribution in [3.8, 4) is 0 Å². The molecule has 0 bridgehead atoms. The summed E-state index contributed by atoms with van der Waals surface area (Å²) in [6, 6.07) is 4.74. The number of nitrogens with one attached hydrogen (secondary N) is 2. The van der Waals surface area contributed by atoms with Crippen LogP contribution < -0.4 is 9.44 Å². The normalized spacial score (nSPS) is 12.0. The lowest BCUT2D eigenvalue weighted by molar-refractivity contribution is 0.209. The zero-order valence-corrected chi connectivity index (χ0v) is 15.7. The first kappa shape index (κ1) is 21.4. The van der Waals surface area contributed by atoms with E-state index in [1.807, 2.05) is 0 Å². The summed E-state index contributed by atoms with van der Waals surface area (Å²) in [7, 11) is -8.18. The van der Waals surface area contributed by atoms with Crippen LogP contribution in [0, 0.1) is 0 Å². The monoisotopic (exact) mass is 392 g/mol. The van der Waals surface area contributed by atoms with Crippen molar-refractivity contribution < 1.29 is 26.7 Å². The van der Waals surface area contributed by atoms with Crippen molar-refractivity contribution in [2.45, 2.75) is 50.3 Å². The van der Waals surface area contributed by atoms with Gasteiger partial charge in [0.1, 0.15) is 0 Å². The van der Waals surface area contributed by atoms with Gasteiger partial charge in [-0.25, -0.2) is 21.6 Å². The lowest BCUT2D eigenvalue weighted by Gasteiger charge is -2.09. The molecule has 0 aromatic heterocycles. The van der Waals surface area contributed by atoms with Crippen LogP contribution in [0.5, 0.6) is 0 Å². The van der Waals surface area contributed by atoms with E-state index in [2.05, 4.69) is 12.2 Å². The molecule has 1 aromatic rings. The number of hydrogen-bond donors (Lipinski definition) is 3. The summed E-state index contributed by atoms with van der Waals surface area (Å²) in [5.74, 6) is -0.253. The van der Waals surface area contributed by atoms with Gasteiger partial charge in [-0.15, -0.1) is 4.13 Å². The first-order chi connectivity index (χ1) is 11.7. The minimum Gasteiger partial charge on any atom is -0.465 e. The molecule has 25 heavy (non-hydrogen) atoms. The van der Waals surface area contributed by atoms with Crippen LogP contribution in [0.2, 0.25) is 0 Å². The summed E-state index contributed by atoms with van der Waals surface area (Å²) >= 11 is 0. The number of anilines is 1. The number of unbranched alkanes of at least 4 members (excludes halogenated alkanes) is 5. The van der Waals surface area contributed by atoms with Crippen LogP contribution in [0.25, 0.3) is 0 Å². The molecule has 0 atom stereocenters. The van der Waals surface area contributed by atoms with Gasteiger partial charge >= 0.3 is 6.09 Å². The molecule has 10 heteroatoms. The van der Waals surface area contributed by atoms with E-state index >= 15 is 0 Å². The minimum atomic E-state index is -4.23. The standard InChI is InChI=1S/C15H24N2O6S2/c1-2-3-4-5-6-7-12-24(20,21)17-25(22,23)14-10-8-13(9-11-14)16-15(18)19/h8-11,16-17H,2-7,12H2,1H3,(H,18,19). The highest BCUT2D eigenvalue weighted by Gasteiger charge is 2.22. The van der Waals surface area contributed by atoms with E-state index in [4.69, 9.17) is 5.11 Å². The zero-order chi connectivity index (χ0) is 18.9. The number of benzene rings is 1. The summed E-state index contributed by atoms with van der Waals surface area (Å²) in [5.41, 5.74) is 0.182. The highest BCUT2D eigenvalue weighted by molar-refractivity contribution is 8.04. The molecular weight excluding hydrogens is 368 g/mol. The third-order valence-electron chi connectivity index (χ3n) is 3.42. The molecule has 0 spiro atoms. The minimum absolute atomic E-state index is 0.182. The molecule has 1 rings (SSSR count). The molecule has 142 valence electrons. The second kappa shape index (κ2) is 9.73. The van der Waals surface area contributed by atoms with Crippen LogP contribution in [0.1, 0.15) is 45.4 Å². The fourth-order valence-electron chi connectivity index (χ4n) is 2.17. The summed E-state index contributed by atoms with van der Waals surface area (Å²) in [4.78, 5) is 10.2. The highest BCUT2D eigenvalue weighted by Crippen LogP contribution is 2.15. The van der Waals surface area contributed by atoms with E-state index in [9.17, 15) is 21.6 Å². The van der Waals surface area contributed by atoms with E-state index < -0.39 is 26.1 Å². The third kappa shape index (κ3) is 8.32. The molecule has 0 aliphatic carbocycles. The molecule has 0 radical (unpaired) electrons. The van der Waals surface area contributed by atoms with Gasteiger partial charge in [-0.2, -0.15) is 0 Å². The first-order valence-corrected chi connectivity index (χ1v) is 11.2. The summed E-state index contributed by atoms with van der Waals surface area (Å²) in [5, 5.41) is 10.6. The van der Waals surface area contributed by atoms with Gasteiger partial charge in [0.15, 0.2) is 0 Å². The lowest BCUT2D eigenvalue weighted by Crippen LogP contribution is -2.32. The molecule has 0 saturated carbocycles. The fourth-order valence-corrected chi connectivity index (χ4v) is 5.30. The predicted molar refractivity (Wildman–Crippen MR) is 95.6 cm³/mol. The second-order valence-corrected chi connectivity index (χ2v) is 9.41. The maximum atomic E-state index is 12.1. The fraction of sp³-hybridized carbons (Fsp3) is 0.533. The Morgan fingerprint density at radius 2 is 1.52 bits per heavy atom. The maximum absolute atomic E-state index is 12.1. The van der Waals surface area contributed by atoms with Gasteiger partial charge in [-0.05, 0) is 30.7 Å². The second-order valence-electron chi connectivity index (χ2n) is 5.63. The molecule has 0 aliphatic rings. The number of amides is 1. The quantitative estimate of drug-likeness (QED) is 0.497. The molecule has 0 unspecified atom stereocenters. The van der Waals surface area contributed by atoms with Crippen LogP contribution in [-0.2, 0) is 20.0 Å². The number of hydrogen-bond acceptors (Lipinski definition) is 5. The van der Waals surface area contributed by atoms with Gasteiger partial charge < -0.3 is 5.11 Å². The summed E-state index contributed by atoms with van der Waals surface area (Å²) in [6.07, 6.45) is 4.01. The Labute approximate surface area is 148 Å². The smallest absolute Gasteiger partial charge is 0.409 e. The molecule has 0 aliphatic heterocycles. The summed E-state index contributed by atoms with van der Waals surface area (Å²) < 4.78 is 49.9. The van der Waals surface area contributed by atoms with Gasteiger partial charge in [-0.1, -0.05) is 39.0 Å². The van der Waals surface area contributed by atoms with Crippen LogP contribution in [-0.4, -0.2) is 33.8 Å². The van der Waals surface area contributed by atoms with Gasteiger partial charge in [0.05, 0.1) is 10.6 Å². The van der Waals surface area contributed by atoms with Crippen molar-refractivity contribution in [2.75, 3.05) is 11.1 Å². The van der Waals surface area contributed by atoms with Crippen LogP contribution >= 0.6 is 0 Å². The van der Waals surface area contributed by atoms with E-state index in [0.717, 1.165) is 44.2 Å². The molecule has 1 amide bonds. The molecular formula is C15H24N2O6S2. The van der Waals surface area contributed by atoms with Crippen molar-refractivity contribution in [1.82, 2.24) is 4.13 Å². The Bertz CT molecular complexity index is 758. The van der Waals surface area contributed by atoms with E-state index in [-0.39, 0.29) is 16.3 Å². The van der Waals surface area contributed by atoms with E-state index in [1.54, 1.807) is 4.13 Å². The van der Waals surface area contributed by atoms with Gasteiger partial charge in [0, 0.05) is 5.69 Å². The highest BCUT2D eigenvalue weighted by atomic mass is 32.3. The Kier molecular flexibility index (Phi) is 8.33. The zero-order valence-electron chi connectivity index (χ0n) is 14.1. The van der Waals surface area contributed by atoms with Crippen LogP contribution in [0.4, 0.5) is 10.5 Å². The average molecular weight is 392 g/mol. The Balaban J connectivity index is 2.61. The molecule has 1 aromatic carbocycles. The van der Waals surface area contributed by atoms with Crippen molar-refractivity contribution in [2.24, 2.45) is 0 Å². The van der Waals surface area contributed by atoms with Crippen molar-refractivity contribution in [3.63, 3.8) is 0 Å². The maximum Gasteiger partial charge on any atom is 0.409 e. The van der Waals surface area contributed by atoms with Crippen LogP contribution in [0.15, 0.2) is 29.2 Å². The predicted octanol–water partition coefficient (Wildman–Crippen LogP) is 2.75. The van der Waals surface area contributed by atoms with Crippen molar-refractivity contribution in [3.05, 3.63) is 24.3 Å². The summed E-state index contributed by atoms with van der Waals surface area (Å²) in [6.45, 7) is 2.09. The Hall–Kier alpha value is -1.65. The third-order valence-corrected chi connectivity index (χ3v) is 7.03. The van der Waals surface area contributed by atoms with Crippen LogP contribution in [0.3, 0.4) is 0 Å². The van der Waals surface area contributed by atoms with Crippen molar-refractivity contribution >= 4 is 31.8 Å². The SMILES string of the molecule is CCCCCCCCS(=O)(=O)NS(=O)(=O)c1ccc(NC(=O)O)cc1. The topological polar surface area (TPSA) is 130 Å². The average Bonchev–Trinajstić information content (AvgIpc) is 2.49. The van der Waals surface area contributed by atoms with E-state index in [0.29, 0.717) is 6.42 Å². The largest absolute Gasteiger partial charge is 0.465 e. The van der Waals surface area contributed by atoms with Gasteiger partial charge in [0.25, 0.3) is 10.0 Å². The van der Waals surface area contributed by atoms with Gasteiger partial charge in [-0.3, -0.25) is 5.32 Å². The lowest BCUT2D eigenvalue weighted by atomic mass is 10.1. The van der Waals surface area contributed by atoms with Gasteiger partial charge in [0.2, 0.25) is 10.0 Å². The Morgan fingerprint density at radius 3 is 2.08 bits per heavy atom. The molecule has 0 heterocycles. The number of carboxylic acid groups (broad SMARTS) is 1. The molecule has 8 nitrogen and oxygen atoms in total.